The summed E-state index contributed by atoms with van der Waals surface area (Å²) < 4.78 is 7.02. The summed E-state index contributed by atoms with van der Waals surface area (Å²) in [5.41, 5.74) is 2.88. The zero-order chi connectivity index (χ0) is 20.6. The molecule has 0 N–H and O–H groups in total. The lowest BCUT2D eigenvalue weighted by atomic mass is 10.1. The monoisotopic (exact) mass is 382 g/mol. The van der Waals surface area contributed by atoms with Crippen molar-refractivity contribution < 1.29 is 14.2 Å². The van der Waals surface area contributed by atoms with Crippen LogP contribution in [-0.2, 0) is 0 Å². The second kappa shape index (κ2) is 7.30. The Balaban J connectivity index is 1.91. The van der Waals surface area contributed by atoms with E-state index < -0.39 is 4.92 Å². The number of aryl methyl sites for hydroxylation is 2. The van der Waals surface area contributed by atoms with E-state index in [1.165, 1.54) is 12.1 Å². The van der Waals surface area contributed by atoms with Crippen LogP contribution in [0, 0.1) is 30.9 Å². The second-order valence-electron chi connectivity index (χ2n) is 6.86. The van der Waals surface area contributed by atoms with Gasteiger partial charge in [0.25, 0.3) is 11.6 Å². The Kier molecular flexibility index (Phi) is 5.04. The Hall–Kier alpha value is -3.42. The third-order valence-corrected chi connectivity index (χ3v) is 4.97. The molecule has 1 amide bonds. The highest BCUT2D eigenvalue weighted by Gasteiger charge is 2.25. The van der Waals surface area contributed by atoms with Gasteiger partial charge in [0.15, 0.2) is 5.82 Å². The quantitative estimate of drug-likeness (QED) is 0.488. The molecular formula is C20H22N4O4. The second-order valence-corrected chi connectivity index (χ2v) is 6.86. The molecule has 0 fully saturated rings. The number of hydrogen-bond acceptors (Lipinski definition) is 5. The van der Waals surface area contributed by atoms with Gasteiger partial charge in [0.1, 0.15) is 5.76 Å². The molecule has 8 heteroatoms. The summed E-state index contributed by atoms with van der Waals surface area (Å²) in [7, 11) is 1.69. The zero-order valence-electron chi connectivity index (χ0n) is 16.5. The summed E-state index contributed by atoms with van der Waals surface area (Å²) in [4.78, 5) is 25.3. The lowest BCUT2D eigenvalue weighted by Crippen LogP contribution is -2.30. The normalized spacial score (nSPS) is 12.0. The maximum Gasteiger partial charge on any atom is 0.269 e. The van der Waals surface area contributed by atoms with Crippen LogP contribution in [0.3, 0.4) is 0 Å². The standard InChI is InChI=1S/C20H22N4O4/c1-12-9-18(15(4)23(12)19-10-13(2)28-21-19)20(25)22(5)14(3)16-7-6-8-17(11-16)24(26)27/h6-11,14H,1-5H3/t14-/m1/s1. The molecule has 0 unspecified atom stereocenters. The summed E-state index contributed by atoms with van der Waals surface area (Å²) in [5.74, 6) is 1.14. The minimum absolute atomic E-state index is 0.00442. The van der Waals surface area contributed by atoms with E-state index in [1.807, 2.05) is 44.4 Å². The van der Waals surface area contributed by atoms with Gasteiger partial charge in [-0.3, -0.25) is 19.5 Å². The van der Waals surface area contributed by atoms with Crippen LogP contribution < -0.4 is 0 Å². The van der Waals surface area contributed by atoms with E-state index in [9.17, 15) is 14.9 Å². The number of nitrogens with zero attached hydrogens (tertiary/aromatic N) is 4. The van der Waals surface area contributed by atoms with Crippen molar-refractivity contribution in [3.8, 4) is 5.82 Å². The number of carbonyl (C=O) groups excluding carboxylic acids is 1. The Morgan fingerprint density at radius 2 is 1.96 bits per heavy atom. The van der Waals surface area contributed by atoms with Crippen molar-refractivity contribution in [2.24, 2.45) is 0 Å². The molecule has 0 saturated heterocycles. The Morgan fingerprint density at radius 1 is 1.25 bits per heavy atom. The van der Waals surface area contributed by atoms with Crippen molar-refractivity contribution >= 4 is 11.6 Å². The van der Waals surface area contributed by atoms with E-state index in [1.54, 1.807) is 24.1 Å². The number of non-ortho nitro benzene ring substituents is 1. The van der Waals surface area contributed by atoms with Crippen molar-refractivity contribution in [2.45, 2.75) is 33.7 Å². The minimum atomic E-state index is -0.439. The van der Waals surface area contributed by atoms with E-state index in [0.717, 1.165) is 11.4 Å². The van der Waals surface area contributed by atoms with Crippen LogP contribution in [0.1, 0.15) is 46.0 Å². The Morgan fingerprint density at radius 3 is 2.57 bits per heavy atom. The van der Waals surface area contributed by atoms with Crippen LogP contribution in [0.4, 0.5) is 5.69 Å². The average Bonchev–Trinajstić information content (AvgIpc) is 3.22. The number of carbonyl (C=O) groups is 1. The maximum absolute atomic E-state index is 13.1. The highest BCUT2D eigenvalue weighted by molar-refractivity contribution is 5.96. The number of nitro groups is 1. The minimum Gasteiger partial charge on any atom is -0.360 e. The lowest BCUT2D eigenvalue weighted by Gasteiger charge is -2.25. The average molecular weight is 382 g/mol. The van der Waals surface area contributed by atoms with Gasteiger partial charge in [0.2, 0.25) is 0 Å². The third-order valence-electron chi connectivity index (χ3n) is 4.97. The van der Waals surface area contributed by atoms with Crippen LogP contribution in [0.2, 0.25) is 0 Å². The smallest absolute Gasteiger partial charge is 0.269 e. The maximum atomic E-state index is 13.1. The molecule has 0 radical (unpaired) electrons. The van der Waals surface area contributed by atoms with Gasteiger partial charge < -0.3 is 9.42 Å². The first kappa shape index (κ1) is 19.3. The van der Waals surface area contributed by atoms with Crippen LogP contribution in [0.25, 0.3) is 5.82 Å². The molecule has 0 saturated carbocycles. The molecule has 8 nitrogen and oxygen atoms in total. The Labute approximate surface area is 162 Å². The summed E-state index contributed by atoms with van der Waals surface area (Å²) in [5, 5.41) is 15.1. The molecule has 3 aromatic rings. The summed E-state index contributed by atoms with van der Waals surface area (Å²) >= 11 is 0. The van der Waals surface area contributed by atoms with Gasteiger partial charge >= 0.3 is 0 Å². The summed E-state index contributed by atoms with van der Waals surface area (Å²) in [6.45, 7) is 7.41. The number of benzene rings is 1. The molecule has 0 aliphatic rings. The fraction of sp³-hybridized carbons (Fsp3) is 0.300. The molecule has 0 bridgehead atoms. The lowest BCUT2D eigenvalue weighted by molar-refractivity contribution is -0.384. The fourth-order valence-corrected chi connectivity index (χ4v) is 3.28. The van der Waals surface area contributed by atoms with Crippen molar-refractivity contribution in [3.05, 3.63) is 74.8 Å². The van der Waals surface area contributed by atoms with Gasteiger partial charge in [0.05, 0.1) is 16.5 Å². The molecule has 2 aromatic heterocycles. The van der Waals surface area contributed by atoms with E-state index >= 15 is 0 Å². The van der Waals surface area contributed by atoms with Crippen molar-refractivity contribution in [1.29, 1.82) is 0 Å². The molecule has 0 aliphatic heterocycles. The number of aromatic nitrogens is 2. The van der Waals surface area contributed by atoms with Gasteiger partial charge in [-0.1, -0.05) is 17.3 Å². The van der Waals surface area contributed by atoms with Crippen LogP contribution in [0.15, 0.2) is 40.9 Å². The molecule has 1 aromatic carbocycles. The molecule has 3 rings (SSSR count). The topological polar surface area (TPSA) is 94.4 Å². The number of hydrogen-bond donors (Lipinski definition) is 0. The fourth-order valence-electron chi connectivity index (χ4n) is 3.28. The SMILES string of the molecule is Cc1cc(-n2c(C)cc(C(=O)N(C)[C@H](C)c3cccc([N+](=O)[O-])c3)c2C)no1. The first-order chi connectivity index (χ1) is 13.2. The Bertz CT molecular complexity index is 1050. The number of amides is 1. The van der Waals surface area contributed by atoms with Gasteiger partial charge in [-0.15, -0.1) is 0 Å². The molecule has 0 spiro atoms. The predicted molar refractivity (Wildman–Crippen MR) is 104 cm³/mol. The molecule has 0 aliphatic carbocycles. The molecule has 1 atom stereocenters. The van der Waals surface area contributed by atoms with Crippen LogP contribution >= 0.6 is 0 Å². The van der Waals surface area contributed by atoms with Crippen molar-refractivity contribution in [3.63, 3.8) is 0 Å². The first-order valence-corrected chi connectivity index (χ1v) is 8.85. The molecule has 28 heavy (non-hydrogen) atoms. The molecular weight excluding hydrogens is 360 g/mol. The highest BCUT2D eigenvalue weighted by atomic mass is 16.6. The largest absolute Gasteiger partial charge is 0.360 e. The van der Waals surface area contributed by atoms with Gasteiger partial charge in [-0.2, -0.15) is 0 Å². The van der Waals surface area contributed by atoms with Gasteiger partial charge in [-0.05, 0) is 39.3 Å². The third kappa shape index (κ3) is 3.40. The van der Waals surface area contributed by atoms with E-state index in [-0.39, 0.29) is 17.6 Å². The molecule has 146 valence electrons. The van der Waals surface area contributed by atoms with Crippen LogP contribution in [0.5, 0.6) is 0 Å². The van der Waals surface area contributed by atoms with E-state index in [2.05, 4.69) is 5.16 Å². The number of rotatable bonds is 5. The summed E-state index contributed by atoms with van der Waals surface area (Å²) in [6.07, 6.45) is 0. The van der Waals surface area contributed by atoms with Gasteiger partial charge in [-0.25, -0.2) is 0 Å². The number of nitro benzene ring substituents is 1. The van der Waals surface area contributed by atoms with Crippen molar-refractivity contribution in [1.82, 2.24) is 14.6 Å². The predicted octanol–water partition coefficient (Wildman–Crippen LogP) is 4.13. The summed E-state index contributed by atoms with van der Waals surface area (Å²) in [6, 6.07) is 9.64. The van der Waals surface area contributed by atoms with E-state index in [0.29, 0.717) is 22.7 Å². The van der Waals surface area contributed by atoms with Crippen LogP contribution in [-0.4, -0.2) is 32.5 Å². The van der Waals surface area contributed by atoms with Crippen molar-refractivity contribution in [2.75, 3.05) is 7.05 Å². The van der Waals surface area contributed by atoms with Gasteiger partial charge in [0, 0.05) is 36.6 Å². The van der Waals surface area contributed by atoms with E-state index in [4.69, 9.17) is 4.52 Å². The zero-order valence-corrected chi connectivity index (χ0v) is 16.5. The molecule has 2 heterocycles. The highest BCUT2D eigenvalue weighted by Crippen LogP contribution is 2.27. The first-order valence-electron chi connectivity index (χ1n) is 8.85.